The Labute approximate surface area is 111 Å². The van der Waals surface area contributed by atoms with Crippen LogP contribution < -0.4 is 0 Å². The Kier molecular flexibility index (Phi) is 3.90. The standard InChI is InChI=1S/C15H14FNO2/c1-3-10-9-17-5-4-14(10)11-6-12(15(18)19-2)8-13(16)7-11/h4-9H,3H2,1-2H3. The van der Waals surface area contributed by atoms with Crippen LogP contribution >= 0.6 is 0 Å². The van der Waals surface area contributed by atoms with Gasteiger partial charge in [0.2, 0.25) is 0 Å². The number of aromatic nitrogens is 1. The second-order valence-corrected chi connectivity index (χ2v) is 4.11. The molecule has 0 N–H and O–H groups in total. The zero-order chi connectivity index (χ0) is 13.8. The van der Waals surface area contributed by atoms with E-state index < -0.39 is 11.8 Å². The first-order valence-electron chi connectivity index (χ1n) is 5.98. The maximum atomic E-state index is 13.6. The summed E-state index contributed by atoms with van der Waals surface area (Å²) < 4.78 is 18.2. The van der Waals surface area contributed by atoms with E-state index >= 15 is 0 Å². The molecule has 0 aliphatic rings. The molecule has 4 heteroatoms. The molecule has 19 heavy (non-hydrogen) atoms. The second-order valence-electron chi connectivity index (χ2n) is 4.11. The van der Waals surface area contributed by atoms with E-state index in [1.54, 1.807) is 18.5 Å². The van der Waals surface area contributed by atoms with Crippen molar-refractivity contribution in [1.82, 2.24) is 4.98 Å². The van der Waals surface area contributed by atoms with Crippen LogP contribution in [-0.4, -0.2) is 18.1 Å². The maximum Gasteiger partial charge on any atom is 0.337 e. The predicted molar refractivity (Wildman–Crippen MR) is 70.3 cm³/mol. The number of nitrogens with zero attached hydrogens (tertiary/aromatic N) is 1. The molecule has 0 saturated heterocycles. The first-order chi connectivity index (χ1) is 9.15. The van der Waals surface area contributed by atoms with Gasteiger partial charge in [0.1, 0.15) is 5.82 Å². The van der Waals surface area contributed by atoms with E-state index in [2.05, 4.69) is 9.72 Å². The number of ether oxygens (including phenoxy) is 1. The molecule has 2 aromatic rings. The number of carbonyl (C=O) groups is 1. The van der Waals surface area contributed by atoms with Gasteiger partial charge in [-0.3, -0.25) is 4.98 Å². The summed E-state index contributed by atoms with van der Waals surface area (Å²) in [6, 6.07) is 6.02. The van der Waals surface area contributed by atoms with Crippen LogP contribution in [0.2, 0.25) is 0 Å². The van der Waals surface area contributed by atoms with Gasteiger partial charge in [-0.2, -0.15) is 0 Å². The molecule has 0 aliphatic heterocycles. The first kappa shape index (κ1) is 13.2. The summed E-state index contributed by atoms with van der Waals surface area (Å²) in [6.45, 7) is 2.00. The SMILES string of the molecule is CCc1cnccc1-c1cc(F)cc(C(=O)OC)c1. The lowest BCUT2D eigenvalue weighted by Gasteiger charge is -2.09. The van der Waals surface area contributed by atoms with Gasteiger partial charge in [0.15, 0.2) is 0 Å². The van der Waals surface area contributed by atoms with Crippen molar-refractivity contribution >= 4 is 5.97 Å². The number of methoxy groups -OCH3 is 1. The van der Waals surface area contributed by atoms with Crippen LogP contribution in [0.4, 0.5) is 4.39 Å². The van der Waals surface area contributed by atoms with Gasteiger partial charge in [0.05, 0.1) is 12.7 Å². The van der Waals surface area contributed by atoms with Crippen molar-refractivity contribution in [3.63, 3.8) is 0 Å². The molecule has 0 aliphatic carbocycles. The summed E-state index contributed by atoms with van der Waals surface area (Å²) in [7, 11) is 1.27. The summed E-state index contributed by atoms with van der Waals surface area (Å²) in [4.78, 5) is 15.6. The summed E-state index contributed by atoms with van der Waals surface area (Å²) >= 11 is 0. The largest absolute Gasteiger partial charge is 0.465 e. The van der Waals surface area contributed by atoms with Crippen molar-refractivity contribution in [2.75, 3.05) is 7.11 Å². The Hall–Kier alpha value is -2.23. The number of esters is 1. The van der Waals surface area contributed by atoms with Crippen LogP contribution in [0.1, 0.15) is 22.8 Å². The van der Waals surface area contributed by atoms with E-state index in [0.717, 1.165) is 17.5 Å². The van der Waals surface area contributed by atoms with Crippen molar-refractivity contribution in [3.05, 3.63) is 53.6 Å². The van der Waals surface area contributed by atoms with Crippen LogP contribution in [0.5, 0.6) is 0 Å². The highest BCUT2D eigenvalue weighted by molar-refractivity contribution is 5.91. The molecule has 1 aromatic heterocycles. The number of hydrogen-bond donors (Lipinski definition) is 0. The summed E-state index contributed by atoms with van der Waals surface area (Å²) in [6.07, 6.45) is 4.18. The van der Waals surface area contributed by atoms with Crippen LogP contribution in [0, 0.1) is 5.82 Å². The van der Waals surface area contributed by atoms with Crippen LogP contribution in [-0.2, 0) is 11.2 Å². The van der Waals surface area contributed by atoms with E-state index in [4.69, 9.17) is 0 Å². The van der Waals surface area contributed by atoms with Crippen molar-refractivity contribution in [3.8, 4) is 11.1 Å². The third-order valence-corrected chi connectivity index (χ3v) is 2.91. The molecular weight excluding hydrogens is 245 g/mol. The molecule has 3 nitrogen and oxygen atoms in total. The highest BCUT2D eigenvalue weighted by atomic mass is 19.1. The highest BCUT2D eigenvalue weighted by Crippen LogP contribution is 2.25. The van der Waals surface area contributed by atoms with E-state index in [1.165, 1.54) is 19.2 Å². The normalized spacial score (nSPS) is 10.3. The molecule has 1 aromatic carbocycles. The van der Waals surface area contributed by atoms with Crippen LogP contribution in [0.3, 0.4) is 0 Å². The number of pyridine rings is 1. The van der Waals surface area contributed by atoms with Crippen molar-refractivity contribution in [2.45, 2.75) is 13.3 Å². The zero-order valence-corrected chi connectivity index (χ0v) is 10.8. The Bertz CT molecular complexity index is 611. The average Bonchev–Trinajstić information content (AvgIpc) is 2.45. The Morgan fingerprint density at radius 3 is 2.84 bits per heavy atom. The quantitative estimate of drug-likeness (QED) is 0.794. The fourth-order valence-corrected chi connectivity index (χ4v) is 1.97. The predicted octanol–water partition coefficient (Wildman–Crippen LogP) is 3.24. The summed E-state index contributed by atoms with van der Waals surface area (Å²) in [5, 5.41) is 0. The number of halogens is 1. The molecule has 0 spiro atoms. The van der Waals surface area contributed by atoms with Gasteiger partial charge in [-0.25, -0.2) is 9.18 Å². The highest BCUT2D eigenvalue weighted by Gasteiger charge is 2.11. The third-order valence-electron chi connectivity index (χ3n) is 2.91. The molecule has 0 amide bonds. The lowest BCUT2D eigenvalue weighted by molar-refractivity contribution is 0.0600. The van der Waals surface area contributed by atoms with Crippen LogP contribution in [0.15, 0.2) is 36.7 Å². The molecule has 0 saturated carbocycles. The Morgan fingerprint density at radius 1 is 1.37 bits per heavy atom. The third kappa shape index (κ3) is 2.78. The van der Waals surface area contributed by atoms with Crippen molar-refractivity contribution < 1.29 is 13.9 Å². The molecular formula is C15H14FNO2. The Morgan fingerprint density at radius 2 is 2.16 bits per heavy atom. The van der Waals surface area contributed by atoms with Gasteiger partial charge in [0, 0.05) is 12.4 Å². The average molecular weight is 259 g/mol. The maximum absolute atomic E-state index is 13.6. The number of rotatable bonds is 3. The van der Waals surface area contributed by atoms with Crippen LogP contribution in [0.25, 0.3) is 11.1 Å². The molecule has 0 unspecified atom stereocenters. The van der Waals surface area contributed by atoms with Gasteiger partial charge in [0.25, 0.3) is 0 Å². The Balaban J connectivity index is 2.56. The summed E-state index contributed by atoms with van der Waals surface area (Å²) in [5.41, 5.74) is 2.74. The van der Waals surface area contributed by atoms with E-state index in [-0.39, 0.29) is 5.56 Å². The zero-order valence-electron chi connectivity index (χ0n) is 10.8. The van der Waals surface area contributed by atoms with Gasteiger partial charge in [-0.15, -0.1) is 0 Å². The van der Waals surface area contributed by atoms with Gasteiger partial charge < -0.3 is 4.74 Å². The number of hydrogen-bond acceptors (Lipinski definition) is 3. The minimum atomic E-state index is -0.548. The van der Waals surface area contributed by atoms with E-state index in [1.807, 2.05) is 13.0 Å². The number of aryl methyl sites for hydroxylation is 1. The van der Waals surface area contributed by atoms with Gasteiger partial charge in [-0.1, -0.05) is 6.92 Å². The molecule has 0 atom stereocenters. The van der Waals surface area contributed by atoms with E-state index in [9.17, 15) is 9.18 Å². The monoisotopic (exact) mass is 259 g/mol. The lowest BCUT2D eigenvalue weighted by Crippen LogP contribution is -2.02. The topological polar surface area (TPSA) is 39.2 Å². The second kappa shape index (κ2) is 5.61. The van der Waals surface area contributed by atoms with Crippen molar-refractivity contribution in [1.29, 1.82) is 0 Å². The first-order valence-corrected chi connectivity index (χ1v) is 5.98. The molecule has 1 heterocycles. The number of benzene rings is 1. The molecule has 2 rings (SSSR count). The molecule has 0 radical (unpaired) electrons. The van der Waals surface area contributed by atoms with E-state index in [0.29, 0.717) is 5.56 Å². The van der Waals surface area contributed by atoms with Gasteiger partial charge >= 0.3 is 5.97 Å². The minimum Gasteiger partial charge on any atom is -0.465 e. The lowest BCUT2D eigenvalue weighted by atomic mass is 9.98. The smallest absolute Gasteiger partial charge is 0.337 e. The minimum absolute atomic E-state index is 0.205. The number of carbonyl (C=O) groups excluding carboxylic acids is 1. The molecule has 98 valence electrons. The van der Waals surface area contributed by atoms with Gasteiger partial charge in [-0.05, 0) is 47.4 Å². The van der Waals surface area contributed by atoms with Crippen molar-refractivity contribution in [2.24, 2.45) is 0 Å². The summed E-state index contributed by atoms with van der Waals surface area (Å²) in [5.74, 6) is -1.01. The fraction of sp³-hybridized carbons (Fsp3) is 0.200. The molecule has 0 fully saturated rings. The fourth-order valence-electron chi connectivity index (χ4n) is 1.97. The molecule has 0 bridgehead atoms.